The van der Waals surface area contributed by atoms with Crippen molar-refractivity contribution in [2.24, 2.45) is 0 Å². The van der Waals surface area contributed by atoms with Gasteiger partial charge < -0.3 is 24.8 Å². The van der Waals surface area contributed by atoms with E-state index in [9.17, 15) is 0 Å². The molecule has 3 heteroatoms. The van der Waals surface area contributed by atoms with E-state index in [4.69, 9.17) is 0 Å². The van der Waals surface area contributed by atoms with E-state index < -0.39 is 0 Å². The second-order valence-electron chi connectivity index (χ2n) is 2.22. The third kappa shape index (κ3) is 3.05. The van der Waals surface area contributed by atoms with E-state index in [2.05, 4.69) is 36.4 Å². The summed E-state index contributed by atoms with van der Waals surface area (Å²) >= 11 is 0. The SMILES string of the molecule is [C-]1=Cc2ccccc2C1.[Cl-].[Cl-].[Zr+3]. The second kappa shape index (κ2) is 6.89. The molecule has 2 rings (SSSR count). The number of hydrogen-bond donors (Lipinski definition) is 0. The molecule has 0 heterocycles. The number of fused-ring (bicyclic) bond motifs is 1. The van der Waals surface area contributed by atoms with Gasteiger partial charge in [0.05, 0.1) is 0 Å². The molecule has 0 saturated heterocycles. The van der Waals surface area contributed by atoms with E-state index >= 15 is 0 Å². The molecule has 0 amide bonds. The normalized spacial score (nSPS) is 10.3. The van der Waals surface area contributed by atoms with Gasteiger partial charge >= 0.3 is 26.2 Å². The smallest absolute Gasteiger partial charge is 1.00 e. The van der Waals surface area contributed by atoms with Gasteiger partial charge in [0.25, 0.3) is 0 Å². The predicted octanol–water partition coefficient (Wildman–Crippen LogP) is -3.94. The van der Waals surface area contributed by atoms with E-state index in [0.29, 0.717) is 0 Å². The molecule has 0 aliphatic heterocycles. The average Bonchev–Trinajstić information content (AvgIpc) is 2.33. The Labute approximate surface area is 104 Å². The molecular formula is C9H7Cl2Zr. The summed E-state index contributed by atoms with van der Waals surface area (Å²) < 4.78 is 0. The van der Waals surface area contributed by atoms with Gasteiger partial charge in [-0.25, -0.2) is 6.08 Å². The van der Waals surface area contributed by atoms with Crippen molar-refractivity contribution in [1.82, 2.24) is 0 Å². The largest absolute Gasteiger partial charge is 3.00 e. The summed E-state index contributed by atoms with van der Waals surface area (Å²) in [4.78, 5) is 0. The first-order valence-corrected chi connectivity index (χ1v) is 3.11. The molecule has 1 aliphatic carbocycles. The minimum absolute atomic E-state index is 0. The average molecular weight is 277 g/mol. The van der Waals surface area contributed by atoms with E-state index in [1.165, 1.54) is 11.1 Å². The standard InChI is InChI=1S/C9H7.2ClH.Zr/c1-2-5-9-7-3-6-8(9)4-1;;;/h1-2,4-6H,7H2;2*1H;/q-1;;;+3/p-2. The Hall–Kier alpha value is 0.423. The number of rotatable bonds is 0. The van der Waals surface area contributed by atoms with Gasteiger partial charge in [0, 0.05) is 0 Å². The van der Waals surface area contributed by atoms with E-state index in [0.717, 1.165) is 6.42 Å². The van der Waals surface area contributed by atoms with E-state index in [1.807, 2.05) is 0 Å². The van der Waals surface area contributed by atoms with Crippen molar-refractivity contribution in [3.63, 3.8) is 0 Å². The number of allylic oxidation sites excluding steroid dienone is 1. The van der Waals surface area contributed by atoms with Crippen LogP contribution in [-0.4, -0.2) is 0 Å². The van der Waals surface area contributed by atoms with Crippen LogP contribution in [0.4, 0.5) is 0 Å². The van der Waals surface area contributed by atoms with Crippen LogP contribution in [0.15, 0.2) is 24.3 Å². The fourth-order valence-corrected chi connectivity index (χ4v) is 1.11. The Morgan fingerprint density at radius 2 is 1.75 bits per heavy atom. The topological polar surface area (TPSA) is 0 Å². The zero-order valence-corrected chi connectivity index (χ0v) is 10.3. The fraction of sp³-hybridized carbons (Fsp3) is 0.111. The first kappa shape index (κ1) is 14.9. The molecule has 0 fully saturated rings. The molecule has 61 valence electrons. The van der Waals surface area contributed by atoms with Crippen molar-refractivity contribution >= 4 is 6.08 Å². The number of benzene rings is 1. The third-order valence-electron chi connectivity index (χ3n) is 1.61. The van der Waals surface area contributed by atoms with Crippen LogP contribution in [0.5, 0.6) is 0 Å². The van der Waals surface area contributed by atoms with Gasteiger partial charge in [-0.2, -0.15) is 5.56 Å². The van der Waals surface area contributed by atoms with Crippen molar-refractivity contribution < 1.29 is 51.0 Å². The molecule has 12 heavy (non-hydrogen) atoms. The maximum Gasteiger partial charge on any atom is 3.00 e. The van der Waals surface area contributed by atoms with Crippen molar-refractivity contribution in [1.29, 1.82) is 0 Å². The molecule has 1 aromatic carbocycles. The summed E-state index contributed by atoms with van der Waals surface area (Å²) in [6.45, 7) is 0. The Kier molecular flexibility index (Phi) is 8.56. The molecule has 1 aliphatic rings. The quantitative estimate of drug-likeness (QED) is 0.425. The molecule has 0 spiro atoms. The van der Waals surface area contributed by atoms with Crippen LogP contribution in [0.3, 0.4) is 0 Å². The van der Waals surface area contributed by atoms with E-state index in [-0.39, 0.29) is 51.0 Å². The van der Waals surface area contributed by atoms with Crippen LogP contribution in [0.2, 0.25) is 0 Å². The zero-order chi connectivity index (χ0) is 6.10. The summed E-state index contributed by atoms with van der Waals surface area (Å²) in [6.07, 6.45) is 6.21. The van der Waals surface area contributed by atoms with Crippen LogP contribution >= 0.6 is 0 Å². The van der Waals surface area contributed by atoms with E-state index in [1.54, 1.807) is 0 Å². The van der Waals surface area contributed by atoms with Gasteiger partial charge in [-0.3, -0.25) is 6.08 Å². The minimum Gasteiger partial charge on any atom is -1.00 e. The Morgan fingerprint density at radius 3 is 2.42 bits per heavy atom. The maximum atomic E-state index is 3.16. The van der Waals surface area contributed by atoms with Gasteiger partial charge in [-0.15, -0.1) is 18.1 Å². The van der Waals surface area contributed by atoms with Crippen LogP contribution in [0, 0.1) is 6.08 Å². The fourth-order valence-electron chi connectivity index (χ4n) is 1.11. The summed E-state index contributed by atoms with van der Waals surface area (Å²) in [5.41, 5.74) is 2.73. The zero-order valence-electron chi connectivity index (χ0n) is 6.35. The van der Waals surface area contributed by atoms with Crippen molar-refractivity contribution in [2.75, 3.05) is 0 Å². The predicted molar refractivity (Wildman–Crippen MR) is 37.9 cm³/mol. The van der Waals surface area contributed by atoms with Crippen molar-refractivity contribution in [2.45, 2.75) is 6.42 Å². The molecule has 0 saturated carbocycles. The Balaban J connectivity index is 0. The Bertz CT molecular complexity index is 258. The molecule has 1 radical (unpaired) electrons. The number of hydrogen-bond acceptors (Lipinski definition) is 0. The molecule has 0 N–H and O–H groups in total. The molecular weight excluding hydrogens is 270 g/mol. The molecule has 1 aromatic rings. The second-order valence-corrected chi connectivity index (χ2v) is 2.22. The summed E-state index contributed by atoms with van der Waals surface area (Å²) in [6, 6.07) is 8.39. The number of halogens is 2. The van der Waals surface area contributed by atoms with Gasteiger partial charge in [0.15, 0.2) is 0 Å². The van der Waals surface area contributed by atoms with Gasteiger partial charge in [-0.05, 0) is 0 Å². The monoisotopic (exact) mass is 275 g/mol. The summed E-state index contributed by atoms with van der Waals surface area (Å²) in [7, 11) is 0. The maximum absolute atomic E-state index is 3.16. The van der Waals surface area contributed by atoms with Crippen LogP contribution in [0.1, 0.15) is 11.1 Å². The first-order chi connectivity index (χ1) is 4.47. The first-order valence-electron chi connectivity index (χ1n) is 3.11. The molecule has 0 atom stereocenters. The van der Waals surface area contributed by atoms with Crippen molar-refractivity contribution in [3.05, 3.63) is 41.5 Å². The third-order valence-corrected chi connectivity index (χ3v) is 1.61. The summed E-state index contributed by atoms with van der Waals surface area (Å²) in [5, 5.41) is 0. The van der Waals surface area contributed by atoms with Gasteiger partial charge in [-0.1, -0.05) is 18.2 Å². The van der Waals surface area contributed by atoms with Crippen LogP contribution in [0.25, 0.3) is 6.08 Å². The molecule has 0 bridgehead atoms. The van der Waals surface area contributed by atoms with Gasteiger partial charge in [0.1, 0.15) is 0 Å². The Morgan fingerprint density at radius 1 is 1.08 bits per heavy atom. The molecule has 0 aromatic heterocycles. The minimum atomic E-state index is 0. The van der Waals surface area contributed by atoms with Crippen LogP contribution < -0.4 is 24.8 Å². The van der Waals surface area contributed by atoms with Crippen molar-refractivity contribution in [3.8, 4) is 0 Å². The summed E-state index contributed by atoms with van der Waals surface area (Å²) in [5.74, 6) is 0. The molecule has 0 nitrogen and oxygen atoms in total. The molecule has 0 unspecified atom stereocenters. The van der Waals surface area contributed by atoms with Gasteiger partial charge in [0.2, 0.25) is 0 Å². The van der Waals surface area contributed by atoms with Crippen LogP contribution in [-0.2, 0) is 32.6 Å².